The molecule has 0 aliphatic rings. The minimum absolute atomic E-state index is 0.152. The largest absolute Gasteiger partial charge is 0.361 e. The van der Waals surface area contributed by atoms with Crippen LogP contribution in [0.4, 0.5) is 0 Å². The number of carbonyl (C=O) groups excluding carboxylic acids is 1. The monoisotopic (exact) mass is 401 g/mol. The van der Waals surface area contributed by atoms with E-state index in [1.807, 2.05) is 26.8 Å². The molecule has 3 aromatic heterocycles. The zero-order chi connectivity index (χ0) is 19.9. The van der Waals surface area contributed by atoms with Crippen molar-refractivity contribution in [2.75, 3.05) is 6.54 Å². The normalized spacial score (nSPS) is 11.1. The van der Waals surface area contributed by atoms with E-state index in [1.54, 1.807) is 18.3 Å². The highest BCUT2D eigenvalue weighted by Crippen LogP contribution is 2.24. The molecule has 3 rings (SSSR count). The molecular formula is C19H23N5O3S. The maximum atomic E-state index is 12.5. The van der Waals surface area contributed by atoms with Gasteiger partial charge in [-0.15, -0.1) is 0 Å². The van der Waals surface area contributed by atoms with E-state index in [1.165, 1.54) is 11.8 Å². The minimum atomic E-state index is -0.152. The Kier molecular flexibility index (Phi) is 6.80. The van der Waals surface area contributed by atoms with Crippen molar-refractivity contribution in [1.29, 1.82) is 0 Å². The fourth-order valence-electron chi connectivity index (χ4n) is 2.45. The predicted octanol–water partition coefficient (Wildman–Crippen LogP) is 3.54. The highest BCUT2D eigenvalue weighted by molar-refractivity contribution is 7.98. The van der Waals surface area contributed by atoms with Gasteiger partial charge in [-0.3, -0.25) is 4.79 Å². The average molecular weight is 401 g/mol. The summed E-state index contributed by atoms with van der Waals surface area (Å²) < 4.78 is 10.3. The second-order valence-electron chi connectivity index (χ2n) is 6.63. The van der Waals surface area contributed by atoms with Gasteiger partial charge in [-0.2, -0.15) is 4.98 Å². The van der Waals surface area contributed by atoms with Crippen molar-refractivity contribution in [3.05, 3.63) is 53.1 Å². The van der Waals surface area contributed by atoms with E-state index in [-0.39, 0.29) is 11.8 Å². The molecule has 8 nitrogen and oxygen atoms in total. The smallest absolute Gasteiger partial charge is 0.254 e. The Labute approximate surface area is 167 Å². The predicted molar refractivity (Wildman–Crippen MR) is 104 cm³/mol. The summed E-state index contributed by atoms with van der Waals surface area (Å²) in [6, 6.07) is 5.40. The number of aryl methyl sites for hydroxylation is 2. The highest BCUT2D eigenvalue weighted by Gasteiger charge is 2.14. The third kappa shape index (κ3) is 5.41. The van der Waals surface area contributed by atoms with Gasteiger partial charge in [0.1, 0.15) is 10.8 Å². The first-order valence-corrected chi connectivity index (χ1v) is 10.1. The Bertz CT molecular complexity index is 922. The number of thioether (sulfide) groups is 1. The highest BCUT2D eigenvalue weighted by atomic mass is 32.2. The summed E-state index contributed by atoms with van der Waals surface area (Å²) >= 11 is 1.46. The van der Waals surface area contributed by atoms with Crippen LogP contribution in [0.15, 0.2) is 38.5 Å². The molecule has 3 heterocycles. The molecule has 0 aliphatic carbocycles. The molecule has 9 heteroatoms. The zero-order valence-electron chi connectivity index (χ0n) is 16.1. The van der Waals surface area contributed by atoms with Crippen LogP contribution in [0.3, 0.4) is 0 Å². The lowest BCUT2D eigenvalue weighted by Gasteiger charge is -2.08. The van der Waals surface area contributed by atoms with Gasteiger partial charge in [0.05, 0.1) is 11.3 Å². The van der Waals surface area contributed by atoms with Crippen molar-refractivity contribution < 1.29 is 13.8 Å². The number of aromatic nitrogens is 4. The molecule has 0 aliphatic heterocycles. The van der Waals surface area contributed by atoms with E-state index in [0.717, 1.165) is 11.5 Å². The molecule has 0 radical (unpaired) electrons. The van der Waals surface area contributed by atoms with Crippen molar-refractivity contribution in [2.45, 2.75) is 50.3 Å². The maximum absolute atomic E-state index is 12.5. The van der Waals surface area contributed by atoms with Gasteiger partial charge in [0.25, 0.3) is 5.91 Å². The third-order valence-corrected chi connectivity index (χ3v) is 4.94. The Morgan fingerprint density at radius 3 is 2.86 bits per heavy atom. The fraction of sp³-hybridized carbons (Fsp3) is 0.421. The molecule has 1 amide bonds. The Morgan fingerprint density at radius 2 is 2.14 bits per heavy atom. The number of pyridine rings is 1. The zero-order valence-corrected chi connectivity index (χ0v) is 17.0. The summed E-state index contributed by atoms with van der Waals surface area (Å²) in [6.45, 7) is 6.39. The van der Waals surface area contributed by atoms with E-state index in [2.05, 4.69) is 25.6 Å². The van der Waals surface area contributed by atoms with Crippen LogP contribution in [-0.2, 0) is 12.2 Å². The first-order valence-electron chi connectivity index (χ1n) is 9.13. The quantitative estimate of drug-likeness (QED) is 0.428. The lowest BCUT2D eigenvalue weighted by atomic mass is 10.2. The van der Waals surface area contributed by atoms with Crippen LogP contribution in [0.5, 0.6) is 0 Å². The van der Waals surface area contributed by atoms with Crippen LogP contribution in [0.25, 0.3) is 0 Å². The molecule has 0 aromatic carbocycles. The Hall–Kier alpha value is -2.68. The molecule has 1 N–H and O–H groups in total. The van der Waals surface area contributed by atoms with E-state index < -0.39 is 0 Å². The SMILES string of the molecule is Cc1cc(CSc2ncccc2C(=O)NCCCc2nc(C(C)C)no2)no1. The standard InChI is InChI=1S/C19H23N5O3S/c1-12(2)17-22-16(27-24-17)7-5-8-20-18(25)15-6-4-9-21-19(15)28-11-14-10-13(3)26-23-14/h4,6,9-10,12H,5,7-8,11H2,1-3H3,(H,20,25). The molecule has 0 saturated carbocycles. The van der Waals surface area contributed by atoms with Gasteiger partial charge in [0.2, 0.25) is 5.89 Å². The number of amides is 1. The topological polar surface area (TPSA) is 107 Å². The Balaban J connectivity index is 1.49. The van der Waals surface area contributed by atoms with Crippen LogP contribution >= 0.6 is 11.8 Å². The van der Waals surface area contributed by atoms with Crippen molar-refractivity contribution in [2.24, 2.45) is 0 Å². The number of rotatable bonds is 9. The summed E-state index contributed by atoms with van der Waals surface area (Å²) in [7, 11) is 0. The molecule has 0 fully saturated rings. The summed E-state index contributed by atoms with van der Waals surface area (Å²) in [5.74, 6) is 2.73. The number of carbonyl (C=O) groups is 1. The van der Waals surface area contributed by atoms with E-state index >= 15 is 0 Å². The van der Waals surface area contributed by atoms with Gasteiger partial charge >= 0.3 is 0 Å². The molecule has 0 spiro atoms. The van der Waals surface area contributed by atoms with Crippen LogP contribution in [0.1, 0.15) is 59.7 Å². The van der Waals surface area contributed by atoms with Crippen molar-refractivity contribution >= 4 is 17.7 Å². The molecule has 28 heavy (non-hydrogen) atoms. The van der Waals surface area contributed by atoms with Gasteiger partial charge in [-0.25, -0.2) is 4.98 Å². The van der Waals surface area contributed by atoms with Crippen molar-refractivity contribution in [3.63, 3.8) is 0 Å². The first kappa shape index (κ1) is 20.1. The molecule has 148 valence electrons. The van der Waals surface area contributed by atoms with Crippen LogP contribution in [-0.4, -0.2) is 32.7 Å². The van der Waals surface area contributed by atoms with Gasteiger partial charge in [0.15, 0.2) is 5.82 Å². The lowest BCUT2D eigenvalue weighted by molar-refractivity contribution is 0.0949. The van der Waals surface area contributed by atoms with E-state index in [4.69, 9.17) is 9.05 Å². The van der Waals surface area contributed by atoms with E-state index in [9.17, 15) is 4.79 Å². The first-order chi connectivity index (χ1) is 13.5. The number of hydrogen-bond donors (Lipinski definition) is 1. The summed E-state index contributed by atoms with van der Waals surface area (Å²) in [4.78, 5) is 21.2. The van der Waals surface area contributed by atoms with E-state index in [0.29, 0.717) is 47.4 Å². The molecule has 0 saturated heterocycles. The van der Waals surface area contributed by atoms with Crippen molar-refractivity contribution in [1.82, 2.24) is 25.6 Å². The third-order valence-electron chi connectivity index (χ3n) is 3.90. The number of hydrogen-bond acceptors (Lipinski definition) is 8. The van der Waals surface area contributed by atoms with Crippen LogP contribution in [0.2, 0.25) is 0 Å². The summed E-state index contributed by atoms with van der Waals surface area (Å²) in [5, 5.41) is 11.5. The number of nitrogens with one attached hydrogen (secondary N) is 1. The van der Waals surface area contributed by atoms with Gasteiger partial charge in [-0.1, -0.05) is 35.9 Å². The number of nitrogens with zero attached hydrogens (tertiary/aromatic N) is 4. The van der Waals surface area contributed by atoms with Crippen LogP contribution < -0.4 is 5.32 Å². The fourth-order valence-corrected chi connectivity index (χ4v) is 3.32. The van der Waals surface area contributed by atoms with Gasteiger partial charge < -0.3 is 14.4 Å². The lowest BCUT2D eigenvalue weighted by Crippen LogP contribution is -2.25. The average Bonchev–Trinajstić information content (AvgIpc) is 3.33. The second kappa shape index (κ2) is 9.50. The second-order valence-corrected chi connectivity index (χ2v) is 7.60. The Morgan fingerprint density at radius 1 is 1.29 bits per heavy atom. The molecule has 0 atom stereocenters. The maximum Gasteiger partial charge on any atom is 0.254 e. The van der Waals surface area contributed by atoms with Gasteiger partial charge in [0, 0.05) is 36.9 Å². The summed E-state index contributed by atoms with van der Waals surface area (Å²) in [5.41, 5.74) is 1.37. The molecule has 0 unspecified atom stereocenters. The minimum Gasteiger partial charge on any atom is -0.361 e. The van der Waals surface area contributed by atoms with Crippen molar-refractivity contribution in [3.8, 4) is 0 Å². The summed E-state index contributed by atoms with van der Waals surface area (Å²) in [6.07, 6.45) is 3.02. The molecular weight excluding hydrogens is 378 g/mol. The molecule has 3 aromatic rings. The molecule has 0 bridgehead atoms. The van der Waals surface area contributed by atoms with Crippen LogP contribution in [0, 0.1) is 6.92 Å². The van der Waals surface area contributed by atoms with Gasteiger partial charge in [-0.05, 0) is 25.5 Å².